The number of nitrogens with one attached hydrogen (secondary N) is 1. The van der Waals surface area contributed by atoms with Crippen molar-refractivity contribution in [3.63, 3.8) is 0 Å². The molecule has 0 atom stereocenters. The van der Waals surface area contributed by atoms with Crippen LogP contribution < -0.4 is 5.56 Å². The standard InChI is InChI=1S/C20H11BrF2N4O/c21-13-10-25-20(28)16-17(12-6-4-11(5-7-12)8-9-24)26-27(18(13)16)19-14(22)2-1-3-15(19)23/h1-7,10H,8H2,(H,25,28). The second kappa shape index (κ2) is 7.02. The van der Waals surface area contributed by atoms with Crippen molar-refractivity contribution in [3.05, 3.63) is 80.7 Å². The van der Waals surface area contributed by atoms with Crippen LogP contribution >= 0.6 is 15.9 Å². The van der Waals surface area contributed by atoms with Crippen LogP contribution in [0.1, 0.15) is 5.56 Å². The number of para-hydroxylation sites is 1. The molecule has 0 bridgehead atoms. The van der Waals surface area contributed by atoms with Crippen LogP contribution in [0.25, 0.3) is 27.8 Å². The van der Waals surface area contributed by atoms with Crippen LogP contribution in [0.15, 0.2) is 57.9 Å². The van der Waals surface area contributed by atoms with Crippen LogP contribution in [0.2, 0.25) is 0 Å². The molecule has 0 amide bonds. The summed E-state index contributed by atoms with van der Waals surface area (Å²) in [4.78, 5) is 15.1. The summed E-state index contributed by atoms with van der Waals surface area (Å²) in [6, 6.07) is 12.5. The molecular formula is C20H11BrF2N4O. The van der Waals surface area contributed by atoms with Crippen molar-refractivity contribution < 1.29 is 8.78 Å². The fraction of sp³-hybridized carbons (Fsp3) is 0.0500. The van der Waals surface area contributed by atoms with Gasteiger partial charge >= 0.3 is 0 Å². The molecule has 1 N–H and O–H groups in total. The van der Waals surface area contributed by atoms with Crippen LogP contribution in [0, 0.1) is 23.0 Å². The third-order valence-corrected chi connectivity index (χ3v) is 4.93. The molecule has 28 heavy (non-hydrogen) atoms. The minimum absolute atomic E-state index is 0.199. The van der Waals surface area contributed by atoms with Gasteiger partial charge < -0.3 is 4.98 Å². The van der Waals surface area contributed by atoms with E-state index in [4.69, 9.17) is 5.26 Å². The van der Waals surface area contributed by atoms with Crippen LogP contribution in [0.4, 0.5) is 8.78 Å². The first-order chi connectivity index (χ1) is 13.5. The number of rotatable bonds is 3. The monoisotopic (exact) mass is 440 g/mol. The highest BCUT2D eigenvalue weighted by atomic mass is 79.9. The zero-order valence-electron chi connectivity index (χ0n) is 14.2. The molecule has 138 valence electrons. The molecule has 0 saturated heterocycles. The second-order valence-electron chi connectivity index (χ2n) is 6.05. The number of halogens is 3. The smallest absolute Gasteiger partial charge is 0.259 e. The molecule has 0 fully saturated rings. The SMILES string of the molecule is N#CCc1ccc(-c2nn(-c3c(F)cccc3F)c3c(Br)c[nH]c(=O)c23)cc1. The van der Waals surface area contributed by atoms with Crippen LogP contribution in [0.3, 0.4) is 0 Å². The van der Waals surface area contributed by atoms with Gasteiger partial charge in [-0.15, -0.1) is 0 Å². The largest absolute Gasteiger partial charge is 0.327 e. The summed E-state index contributed by atoms with van der Waals surface area (Å²) in [5.41, 5.74) is 1.13. The Labute approximate surface area is 166 Å². The fourth-order valence-corrected chi connectivity index (χ4v) is 3.53. The van der Waals surface area contributed by atoms with E-state index in [0.717, 1.165) is 22.4 Å². The maximum Gasteiger partial charge on any atom is 0.259 e. The van der Waals surface area contributed by atoms with Gasteiger partial charge in [0, 0.05) is 11.8 Å². The average Bonchev–Trinajstić information content (AvgIpc) is 3.07. The molecule has 4 rings (SSSR count). The minimum Gasteiger partial charge on any atom is -0.327 e. The second-order valence-corrected chi connectivity index (χ2v) is 6.91. The maximum atomic E-state index is 14.4. The highest BCUT2D eigenvalue weighted by Gasteiger charge is 2.22. The predicted molar refractivity (Wildman–Crippen MR) is 104 cm³/mol. The van der Waals surface area contributed by atoms with E-state index in [-0.39, 0.29) is 28.7 Å². The summed E-state index contributed by atoms with van der Waals surface area (Å²) in [5, 5.41) is 13.4. The molecule has 5 nitrogen and oxygen atoms in total. The lowest BCUT2D eigenvalue weighted by molar-refractivity contribution is 0.563. The predicted octanol–water partition coefficient (Wildman–Crippen LogP) is 4.49. The lowest BCUT2D eigenvalue weighted by atomic mass is 10.1. The van der Waals surface area contributed by atoms with Gasteiger partial charge in [-0.05, 0) is 33.6 Å². The van der Waals surface area contributed by atoms with Gasteiger partial charge in [-0.25, -0.2) is 13.5 Å². The summed E-state index contributed by atoms with van der Waals surface area (Å²) in [7, 11) is 0. The van der Waals surface area contributed by atoms with Crippen molar-refractivity contribution in [2.75, 3.05) is 0 Å². The van der Waals surface area contributed by atoms with Gasteiger partial charge in [0.1, 0.15) is 11.4 Å². The quantitative estimate of drug-likeness (QED) is 0.509. The number of nitriles is 1. The molecule has 2 aromatic carbocycles. The molecule has 0 aliphatic carbocycles. The zero-order valence-corrected chi connectivity index (χ0v) is 15.8. The number of aromatic nitrogens is 3. The molecule has 0 radical (unpaired) electrons. The van der Waals surface area contributed by atoms with Crippen LogP contribution in [-0.4, -0.2) is 14.8 Å². The van der Waals surface area contributed by atoms with Crippen molar-refractivity contribution in [2.24, 2.45) is 0 Å². The van der Waals surface area contributed by atoms with Crippen LogP contribution in [-0.2, 0) is 6.42 Å². The van der Waals surface area contributed by atoms with Gasteiger partial charge in [0.2, 0.25) is 0 Å². The number of fused-ring (bicyclic) bond motifs is 1. The third-order valence-electron chi connectivity index (χ3n) is 4.33. The van der Waals surface area contributed by atoms with Crippen LogP contribution in [0.5, 0.6) is 0 Å². The van der Waals surface area contributed by atoms with E-state index in [1.165, 1.54) is 12.3 Å². The van der Waals surface area contributed by atoms with Crippen molar-refractivity contribution in [1.82, 2.24) is 14.8 Å². The third kappa shape index (κ3) is 2.90. The van der Waals surface area contributed by atoms with Gasteiger partial charge in [-0.2, -0.15) is 10.4 Å². The summed E-state index contributed by atoms with van der Waals surface area (Å²) >= 11 is 3.33. The van der Waals surface area contributed by atoms with Gasteiger partial charge in [-0.3, -0.25) is 4.79 Å². The fourth-order valence-electron chi connectivity index (χ4n) is 3.05. The summed E-state index contributed by atoms with van der Waals surface area (Å²) in [6.07, 6.45) is 1.66. The molecule has 8 heteroatoms. The van der Waals surface area contributed by atoms with Crippen molar-refractivity contribution in [3.8, 4) is 23.0 Å². The summed E-state index contributed by atoms with van der Waals surface area (Å²) in [6.45, 7) is 0. The average molecular weight is 441 g/mol. The molecule has 2 heterocycles. The van der Waals surface area contributed by atoms with Gasteiger partial charge in [0.25, 0.3) is 5.56 Å². The van der Waals surface area contributed by atoms with E-state index in [0.29, 0.717) is 10.0 Å². The normalized spacial score (nSPS) is 10.9. The lowest BCUT2D eigenvalue weighted by Crippen LogP contribution is -2.07. The topological polar surface area (TPSA) is 74.5 Å². The Balaban J connectivity index is 2.05. The molecule has 4 aromatic rings. The first kappa shape index (κ1) is 18.1. The molecular weight excluding hydrogens is 430 g/mol. The van der Waals surface area contributed by atoms with E-state index >= 15 is 0 Å². The molecule has 0 aliphatic heterocycles. The lowest BCUT2D eigenvalue weighted by Gasteiger charge is -2.07. The highest BCUT2D eigenvalue weighted by molar-refractivity contribution is 9.10. The van der Waals surface area contributed by atoms with E-state index in [2.05, 4.69) is 32.1 Å². The molecule has 0 spiro atoms. The van der Waals surface area contributed by atoms with Crippen molar-refractivity contribution in [2.45, 2.75) is 6.42 Å². The summed E-state index contributed by atoms with van der Waals surface area (Å²) < 4.78 is 30.4. The minimum atomic E-state index is -0.799. The number of hydrogen-bond acceptors (Lipinski definition) is 3. The Morgan fingerprint density at radius 3 is 2.46 bits per heavy atom. The van der Waals surface area contributed by atoms with Gasteiger partial charge in [0.15, 0.2) is 11.6 Å². The van der Waals surface area contributed by atoms with Crippen molar-refractivity contribution in [1.29, 1.82) is 5.26 Å². The number of H-pyrrole nitrogens is 1. The van der Waals surface area contributed by atoms with E-state index in [9.17, 15) is 13.6 Å². The molecule has 2 aromatic heterocycles. The van der Waals surface area contributed by atoms with E-state index < -0.39 is 17.2 Å². The van der Waals surface area contributed by atoms with Gasteiger partial charge in [-0.1, -0.05) is 30.3 Å². The number of nitrogens with zero attached hydrogens (tertiary/aromatic N) is 3. The highest BCUT2D eigenvalue weighted by Crippen LogP contribution is 2.33. The number of aromatic amines is 1. The zero-order chi connectivity index (χ0) is 19.8. The molecule has 0 unspecified atom stereocenters. The number of pyridine rings is 1. The number of hydrogen-bond donors (Lipinski definition) is 1. The Hall–Kier alpha value is -3.31. The summed E-state index contributed by atoms with van der Waals surface area (Å²) in [5.74, 6) is -1.60. The van der Waals surface area contributed by atoms with Crippen molar-refractivity contribution >= 4 is 26.8 Å². The number of benzene rings is 2. The molecule has 0 saturated carbocycles. The Kier molecular flexibility index (Phi) is 4.53. The first-order valence-corrected chi connectivity index (χ1v) is 9.01. The maximum absolute atomic E-state index is 14.4. The first-order valence-electron chi connectivity index (χ1n) is 8.22. The Bertz CT molecular complexity index is 1280. The molecule has 0 aliphatic rings. The Morgan fingerprint density at radius 2 is 1.82 bits per heavy atom. The van der Waals surface area contributed by atoms with E-state index in [1.807, 2.05) is 0 Å². The van der Waals surface area contributed by atoms with Gasteiger partial charge in [0.05, 0.1) is 27.9 Å². The Morgan fingerprint density at radius 1 is 1.14 bits per heavy atom. The van der Waals surface area contributed by atoms with E-state index in [1.54, 1.807) is 24.3 Å².